The number of hydrogen-bond donors (Lipinski definition) is 0. The Balaban J connectivity index is 4.60. The molecule has 0 rings (SSSR count). The molecule has 0 aliphatic carbocycles. The van der Waals surface area contributed by atoms with Crippen LogP contribution in [0.1, 0.15) is 41.5 Å². The van der Waals surface area contributed by atoms with Crippen LogP contribution in [-0.4, -0.2) is 51.0 Å². The molecule has 0 aliphatic heterocycles. The molecule has 0 bridgehead atoms. The molecule has 0 aromatic heterocycles. The summed E-state index contributed by atoms with van der Waals surface area (Å²) in [6.45, 7) is 11.9. The van der Waals surface area contributed by atoms with Crippen molar-refractivity contribution < 1.29 is 32.0 Å². The fourth-order valence-corrected chi connectivity index (χ4v) is 5.76. The van der Waals surface area contributed by atoms with Gasteiger partial charge in [-0.2, -0.15) is 0 Å². The summed E-state index contributed by atoms with van der Waals surface area (Å²) in [7, 11) is -6.33. The van der Waals surface area contributed by atoms with Gasteiger partial charge < -0.3 is 22.8 Å². The second kappa shape index (κ2) is 11.8. The van der Waals surface area contributed by atoms with Gasteiger partial charge in [-0.05, 0) is 41.5 Å². The predicted octanol–water partition coefficient (Wildman–Crippen LogP) is 4.31. The maximum atomic E-state index is 12.5. The van der Waals surface area contributed by atoms with Crippen LogP contribution in [0.5, 0.6) is 0 Å². The van der Waals surface area contributed by atoms with Gasteiger partial charge in [0.2, 0.25) is 0 Å². The van der Waals surface area contributed by atoms with E-state index in [0.29, 0.717) is 26.4 Å². The Hall–Kier alpha value is 0.260. The molecule has 0 aromatic carbocycles. The van der Waals surface area contributed by atoms with Gasteiger partial charge in [0.15, 0.2) is 0 Å². The van der Waals surface area contributed by atoms with Crippen molar-refractivity contribution in [2.75, 3.05) is 38.8 Å². The van der Waals surface area contributed by atoms with Gasteiger partial charge in [0, 0.05) is 0 Å². The van der Waals surface area contributed by atoms with Crippen molar-refractivity contribution in [3.05, 3.63) is 0 Å². The first-order valence-electron chi connectivity index (χ1n) is 8.15. The van der Waals surface area contributed by atoms with Crippen LogP contribution in [-0.2, 0) is 32.0 Å². The van der Waals surface area contributed by atoms with Gasteiger partial charge in [-0.15, -0.1) is 0 Å². The third-order valence-corrected chi connectivity index (χ3v) is 7.26. The fraction of sp³-hybridized carbons (Fsp3) is 1.00. The molecule has 0 aromatic rings. The summed E-state index contributed by atoms with van der Waals surface area (Å²) in [5.74, 6) is 0. The van der Waals surface area contributed by atoms with E-state index in [1.807, 2.05) is 0 Å². The normalized spacial score (nSPS) is 15.6. The minimum absolute atomic E-state index is 0.145. The predicted molar refractivity (Wildman–Crippen MR) is 91.5 cm³/mol. The SMILES string of the molecule is CCOP(=O)(CC(C)OC(C)CP(=O)(OCC)OCC)OCC. The maximum absolute atomic E-state index is 12.5. The van der Waals surface area contributed by atoms with Crippen molar-refractivity contribution in [3.8, 4) is 0 Å². The molecule has 0 aliphatic rings. The molecule has 2 unspecified atom stereocenters. The highest BCUT2D eigenvalue weighted by Crippen LogP contribution is 2.50. The zero-order valence-electron chi connectivity index (χ0n) is 15.1. The van der Waals surface area contributed by atoms with E-state index in [-0.39, 0.29) is 24.5 Å². The lowest BCUT2D eigenvalue weighted by Gasteiger charge is -2.25. The van der Waals surface area contributed by atoms with E-state index in [1.165, 1.54) is 0 Å². The number of hydrogen-bond acceptors (Lipinski definition) is 7. The van der Waals surface area contributed by atoms with Crippen LogP contribution in [0.2, 0.25) is 0 Å². The Morgan fingerprint density at radius 2 is 0.913 bits per heavy atom. The zero-order chi connectivity index (χ0) is 17.9. The van der Waals surface area contributed by atoms with E-state index in [2.05, 4.69) is 0 Å². The van der Waals surface area contributed by atoms with E-state index in [4.69, 9.17) is 22.8 Å². The van der Waals surface area contributed by atoms with Crippen molar-refractivity contribution in [3.63, 3.8) is 0 Å². The van der Waals surface area contributed by atoms with Crippen LogP contribution in [0.4, 0.5) is 0 Å². The first-order chi connectivity index (χ1) is 10.7. The minimum Gasteiger partial charge on any atom is -0.374 e. The zero-order valence-corrected chi connectivity index (χ0v) is 16.9. The average molecular weight is 374 g/mol. The van der Waals surface area contributed by atoms with E-state index in [0.717, 1.165) is 0 Å². The maximum Gasteiger partial charge on any atom is 0.333 e. The topological polar surface area (TPSA) is 80.3 Å². The summed E-state index contributed by atoms with van der Waals surface area (Å²) in [5.41, 5.74) is 0. The Labute approximate surface area is 140 Å². The summed E-state index contributed by atoms with van der Waals surface area (Å²) in [6, 6.07) is 0. The van der Waals surface area contributed by atoms with E-state index in [9.17, 15) is 9.13 Å². The average Bonchev–Trinajstić information content (AvgIpc) is 2.38. The highest BCUT2D eigenvalue weighted by molar-refractivity contribution is 7.54. The molecule has 0 spiro atoms. The smallest absolute Gasteiger partial charge is 0.333 e. The van der Waals surface area contributed by atoms with E-state index < -0.39 is 15.2 Å². The second-order valence-corrected chi connectivity index (χ2v) is 9.22. The monoisotopic (exact) mass is 374 g/mol. The third-order valence-electron chi connectivity index (χ3n) is 2.73. The molecule has 9 heteroatoms. The molecule has 140 valence electrons. The highest BCUT2D eigenvalue weighted by atomic mass is 31.2. The van der Waals surface area contributed by atoms with E-state index >= 15 is 0 Å². The summed E-state index contributed by atoms with van der Waals surface area (Å²) in [6.07, 6.45) is -0.449. The van der Waals surface area contributed by atoms with Gasteiger partial charge in [-0.3, -0.25) is 9.13 Å². The summed E-state index contributed by atoms with van der Waals surface area (Å²) < 4.78 is 51.7. The number of rotatable bonds is 14. The lowest BCUT2D eigenvalue weighted by Crippen LogP contribution is -2.25. The van der Waals surface area contributed by atoms with E-state index in [1.54, 1.807) is 41.5 Å². The summed E-state index contributed by atoms with van der Waals surface area (Å²) in [5, 5.41) is 0. The minimum atomic E-state index is -3.16. The molecule has 0 amide bonds. The lowest BCUT2D eigenvalue weighted by molar-refractivity contribution is 0.0257. The van der Waals surface area contributed by atoms with Gasteiger partial charge in [-0.1, -0.05) is 0 Å². The van der Waals surface area contributed by atoms with Crippen molar-refractivity contribution in [2.45, 2.75) is 53.8 Å². The standard InChI is InChI=1S/C14H32O7P2/c1-7-17-22(15,18-8-2)11-13(5)21-14(6)12-23(16,19-9-3)20-10-4/h13-14H,7-12H2,1-6H3. The molecule has 0 saturated carbocycles. The second-order valence-electron chi connectivity index (χ2n) is 5.02. The molecule has 2 atom stereocenters. The Morgan fingerprint density at radius 3 is 1.13 bits per heavy atom. The molecular weight excluding hydrogens is 342 g/mol. The first kappa shape index (κ1) is 23.3. The van der Waals surface area contributed by atoms with Gasteiger partial charge in [0.05, 0.1) is 51.0 Å². The Kier molecular flexibility index (Phi) is 11.9. The van der Waals surface area contributed by atoms with Crippen molar-refractivity contribution in [2.24, 2.45) is 0 Å². The van der Waals surface area contributed by atoms with Crippen molar-refractivity contribution >= 4 is 15.2 Å². The lowest BCUT2D eigenvalue weighted by atomic mass is 10.4. The summed E-state index contributed by atoms with van der Waals surface area (Å²) in [4.78, 5) is 0. The Bertz CT molecular complexity index is 347. The largest absolute Gasteiger partial charge is 0.374 e. The quantitative estimate of drug-likeness (QED) is 0.419. The van der Waals surface area contributed by atoms with Gasteiger partial charge in [-0.25, -0.2) is 0 Å². The molecule has 0 radical (unpaired) electrons. The van der Waals surface area contributed by atoms with Crippen LogP contribution in [0.15, 0.2) is 0 Å². The van der Waals surface area contributed by atoms with Crippen molar-refractivity contribution in [1.82, 2.24) is 0 Å². The van der Waals surface area contributed by atoms with Crippen LogP contribution in [0.3, 0.4) is 0 Å². The van der Waals surface area contributed by atoms with Gasteiger partial charge in [0.1, 0.15) is 0 Å². The first-order valence-corrected chi connectivity index (χ1v) is 11.6. The van der Waals surface area contributed by atoms with Crippen LogP contribution >= 0.6 is 15.2 Å². The molecule has 0 saturated heterocycles. The van der Waals surface area contributed by atoms with Crippen LogP contribution in [0, 0.1) is 0 Å². The van der Waals surface area contributed by atoms with Gasteiger partial charge in [0.25, 0.3) is 0 Å². The molecule has 0 N–H and O–H groups in total. The Morgan fingerprint density at radius 1 is 0.652 bits per heavy atom. The molecule has 23 heavy (non-hydrogen) atoms. The fourth-order valence-electron chi connectivity index (χ4n) is 2.18. The highest BCUT2D eigenvalue weighted by Gasteiger charge is 2.31. The molecule has 0 fully saturated rings. The molecule has 7 nitrogen and oxygen atoms in total. The van der Waals surface area contributed by atoms with Crippen LogP contribution < -0.4 is 0 Å². The van der Waals surface area contributed by atoms with Crippen LogP contribution in [0.25, 0.3) is 0 Å². The van der Waals surface area contributed by atoms with Crippen molar-refractivity contribution in [1.29, 1.82) is 0 Å². The molecule has 0 heterocycles. The third kappa shape index (κ3) is 9.98. The van der Waals surface area contributed by atoms with Gasteiger partial charge >= 0.3 is 15.2 Å². The summed E-state index contributed by atoms with van der Waals surface area (Å²) >= 11 is 0. The molecular formula is C14H32O7P2. The number of ether oxygens (including phenoxy) is 1.